The van der Waals surface area contributed by atoms with E-state index in [4.69, 9.17) is 30.5 Å². The zero-order valence-electron chi connectivity index (χ0n) is 37.4. The lowest BCUT2D eigenvalue weighted by molar-refractivity contribution is -0.134. The number of carbonyl (C=O) groups excluding carboxylic acids is 4. The van der Waals surface area contributed by atoms with Gasteiger partial charge in [0.05, 0.1) is 57.7 Å². The predicted octanol–water partition coefficient (Wildman–Crippen LogP) is 8.33. The van der Waals surface area contributed by atoms with Gasteiger partial charge in [0.15, 0.2) is 5.69 Å². The van der Waals surface area contributed by atoms with E-state index in [0.717, 1.165) is 52.4 Å². The van der Waals surface area contributed by atoms with Gasteiger partial charge >= 0.3 is 11.9 Å². The van der Waals surface area contributed by atoms with E-state index in [0.29, 0.717) is 54.6 Å². The van der Waals surface area contributed by atoms with Crippen molar-refractivity contribution in [3.05, 3.63) is 133 Å². The van der Waals surface area contributed by atoms with E-state index < -0.39 is 11.9 Å². The number of amides is 2. The lowest BCUT2D eigenvalue weighted by atomic mass is 10.0. The van der Waals surface area contributed by atoms with Gasteiger partial charge < -0.3 is 38.4 Å². The number of benzene rings is 4. The van der Waals surface area contributed by atoms with Gasteiger partial charge in [0.1, 0.15) is 17.2 Å². The van der Waals surface area contributed by atoms with Gasteiger partial charge in [-0.25, -0.2) is 14.3 Å². The minimum absolute atomic E-state index is 0.111. The summed E-state index contributed by atoms with van der Waals surface area (Å²) in [5, 5.41) is 7.92. The highest BCUT2D eigenvalue weighted by Crippen LogP contribution is 2.30. The molecule has 3 aliphatic heterocycles. The molecule has 0 radical (unpaired) electrons. The molecule has 0 spiro atoms. The summed E-state index contributed by atoms with van der Waals surface area (Å²) in [6.45, 7) is 8.17. The zero-order valence-corrected chi connectivity index (χ0v) is 42.4. The van der Waals surface area contributed by atoms with Crippen LogP contribution >= 0.6 is 56.8 Å². The highest BCUT2D eigenvalue weighted by atomic mass is 127. The number of nitrogens with one attached hydrogen (secondary N) is 1. The van der Waals surface area contributed by atoms with Gasteiger partial charge in [-0.15, -0.1) is 0 Å². The topological polar surface area (TPSA) is 166 Å². The average molecular weight is 1160 g/mol. The molecule has 1 aromatic heterocycles. The monoisotopic (exact) mass is 1160 g/mol. The fourth-order valence-electron chi connectivity index (χ4n) is 7.11. The van der Waals surface area contributed by atoms with E-state index in [2.05, 4.69) is 76.5 Å². The van der Waals surface area contributed by atoms with Gasteiger partial charge in [-0.1, -0.05) is 17.7 Å². The molecule has 0 atom stereocenters. The Morgan fingerprint density at radius 2 is 1.27 bits per heavy atom. The first-order valence-corrected chi connectivity index (χ1v) is 23.9. The third-order valence-corrected chi connectivity index (χ3v) is 12.1. The minimum Gasteiger partial charge on any atom is -0.497 e. The number of rotatable bonds is 12. The van der Waals surface area contributed by atoms with Crippen LogP contribution in [-0.2, 0) is 30.2 Å². The Bertz CT molecular complexity index is 2550. The Kier molecular flexibility index (Phi) is 18.8. The maximum absolute atomic E-state index is 13.5. The van der Waals surface area contributed by atoms with Crippen molar-refractivity contribution < 1.29 is 42.9 Å². The maximum Gasteiger partial charge on any atom is 0.370 e. The van der Waals surface area contributed by atoms with Crippen LogP contribution in [-0.4, -0.2) is 110 Å². The van der Waals surface area contributed by atoms with Crippen molar-refractivity contribution in [1.29, 1.82) is 0 Å². The number of hydrazone groups is 1. The van der Waals surface area contributed by atoms with Gasteiger partial charge in [0.25, 0.3) is 11.8 Å². The van der Waals surface area contributed by atoms with Gasteiger partial charge in [-0.2, -0.15) is 10.2 Å². The molecule has 1 N–H and O–H groups in total. The lowest BCUT2D eigenvalue weighted by Crippen LogP contribution is -2.45. The first-order valence-electron chi connectivity index (χ1n) is 21.4. The molecular formula is C48H50ClI2N7O9. The van der Waals surface area contributed by atoms with Crippen molar-refractivity contribution in [3.63, 3.8) is 0 Å². The largest absolute Gasteiger partial charge is 0.497 e. The number of anilines is 3. The Hall–Kier alpha value is -5.71. The molecule has 0 aliphatic carbocycles. The predicted molar refractivity (Wildman–Crippen MR) is 274 cm³/mol. The summed E-state index contributed by atoms with van der Waals surface area (Å²) in [5.74, 6) is 0.163. The molecule has 4 heterocycles. The van der Waals surface area contributed by atoms with E-state index in [1.807, 2.05) is 53.4 Å². The number of hydrogen-bond acceptors (Lipinski definition) is 13. The number of nitrogens with zero attached hydrogens (tertiary/aromatic N) is 6. The number of carbonyl (C=O) groups is 4. The van der Waals surface area contributed by atoms with Crippen LogP contribution in [0.25, 0.3) is 5.69 Å². The fraction of sp³-hybridized carbons (Fsp3) is 0.292. The van der Waals surface area contributed by atoms with Crippen LogP contribution in [0.2, 0.25) is 0 Å². The summed E-state index contributed by atoms with van der Waals surface area (Å²) in [7, 11) is 3.17. The number of methoxy groups -OCH3 is 2. The lowest BCUT2D eigenvalue weighted by Gasteiger charge is -2.35. The number of ether oxygens (including phenoxy) is 5. The van der Waals surface area contributed by atoms with Crippen molar-refractivity contribution >= 4 is 103 Å². The molecule has 3 aliphatic rings. The summed E-state index contributed by atoms with van der Waals surface area (Å²) in [6.07, 6.45) is 3.48. The molecule has 2 amide bonds. The van der Waals surface area contributed by atoms with Gasteiger partial charge in [0.2, 0.25) is 5.17 Å². The Morgan fingerprint density at radius 3 is 1.82 bits per heavy atom. The van der Waals surface area contributed by atoms with Crippen LogP contribution in [0.3, 0.4) is 0 Å². The molecule has 0 saturated carbocycles. The van der Waals surface area contributed by atoms with E-state index >= 15 is 0 Å². The summed E-state index contributed by atoms with van der Waals surface area (Å²) in [4.78, 5) is 55.6. The number of hydrogen-bond donors (Lipinski definition) is 1. The molecule has 1 fully saturated rings. The minimum atomic E-state index is -0.657. The van der Waals surface area contributed by atoms with Crippen molar-refractivity contribution in [2.75, 3.05) is 82.1 Å². The molecule has 8 rings (SSSR count). The van der Waals surface area contributed by atoms with Crippen molar-refractivity contribution in [2.45, 2.75) is 26.7 Å². The highest BCUT2D eigenvalue weighted by Gasteiger charge is 2.36. The molecule has 0 bridgehead atoms. The van der Waals surface area contributed by atoms with Crippen LogP contribution in [0, 0.1) is 7.14 Å². The van der Waals surface area contributed by atoms with Crippen LogP contribution in [0.15, 0.2) is 114 Å². The second kappa shape index (κ2) is 24.9. The number of aromatic nitrogens is 2. The van der Waals surface area contributed by atoms with Crippen LogP contribution < -0.4 is 24.7 Å². The van der Waals surface area contributed by atoms with E-state index in [9.17, 15) is 19.2 Å². The molecule has 19 heteroatoms. The van der Waals surface area contributed by atoms with E-state index in [1.54, 1.807) is 81.5 Å². The van der Waals surface area contributed by atoms with Crippen molar-refractivity contribution in [2.24, 2.45) is 5.10 Å². The van der Waals surface area contributed by atoms with E-state index in [-0.39, 0.29) is 35.9 Å². The Labute approximate surface area is 421 Å². The van der Waals surface area contributed by atoms with Crippen molar-refractivity contribution in [1.82, 2.24) is 14.7 Å². The number of morpholine rings is 1. The number of fused-ring (bicyclic) bond motifs is 1. The van der Waals surface area contributed by atoms with Crippen molar-refractivity contribution in [3.8, 4) is 17.2 Å². The standard InChI is InChI=1S/C22H20IN3O4.C15H17IN2O2.C11H13ClN2O3/c1-3-30-22(28)19-18-12-13-25(15-6-4-14(23)5-7-15)21(27)20(18)26(24-19)16-8-10-17(29-2)11-9-16;16-12-3-5-13(6-4-12)18-7-1-2-14(15(18)19)17-8-10-20-11-9-17;1-3-17-11(15)10(12)14-13-8-4-6-9(16-2)7-5-8/h4-11H,3,12-13H2,1-2H3;2-6H,1,7-11H2;4-7,13H,3H2,1-2H3/b;;14-10-. The molecule has 16 nitrogen and oxygen atoms in total. The average Bonchev–Trinajstić information content (AvgIpc) is 3.76. The summed E-state index contributed by atoms with van der Waals surface area (Å²) in [5.41, 5.74) is 7.81. The summed E-state index contributed by atoms with van der Waals surface area (Å²) in [6, 6.07) is 30.1. The molecule has 1 saturated heterocycles. The van der Waals surface area contributed by atoms with Gasteiger partial charge in [-0.3, -0.25) is 15.0 Å². The third-order valence-electron chi connectivity index (χ3n) is 10.4. The van der Waals surface area contributed by atoms with Gasteiger partial charge in [0, 0.05) is 50.3 Å². The fourth-order valence-corrected chi connectivity index (χ4v) is 7.93. The molecule has 352 valence electrons. The molecule has 4 aromatic carbocycles. The highest BCUT2D eigenvalue weighted by molar-refractivity contribution is 14.1. The Morgan fingerprint density at radius 1 is 0.731 bits per heavy atom. The van der Waals surface area contributed by atoms with Crippen LogP contribution in [0.5, 0.6) is 11.5 Å². The third kappa shape index (κ3) is 13.3. The second-order valence-electron chi connectivity index (χ2n) is 14.6. The second-order valence-corrected chi connectivity index (χ2v) is 17.4. The zero-order chi connectivity index (χ0) is 47.9. The SMILES string of the molecule is CCOC(=O)/C(Cl)=N/Nc1ccc(OC)cc1.CCOC(=O)c1nn(-c2ccc(OC)cc2)c2c1CCN(c1ccc(I)cc1)C2=O.O=C1C(N2CCOCC2)=CCCN1c1ccc(I)cc1. The maximum atomic E-state index is 13.5. The smallest absolute Gasteiger partial charge is 0.370 e. The normalized spacial score (nSPS) is 14.6. The summed E-state index contributed by atoms with van der Waals surface area (Å²) >= 11 is 10.1. The number of esters is 2. The molecular weight excluding hydrogens is 1110 g/mol. The first-order chi connectivity index (χ1) is 32.5. The summed E-state index contributed by atoms with van der Waals surface area (Å²) < 4.78 is 29.2. The van der Waals surface area contributed by atoms with Gasteiger partial charge in [-0.05, 0) is 169 Å². The number of halogens is 3. The first kappa shape index (κ1) is 50.7. The Balaban J connectivity index is 0.000000175. The molecule has 0 unspecified atom stereocenters. The van der Waals surface area contributed by atoms with E-state index in [1.165, 1.54) is 8.25 Å². The van der Waals surface area contributed by atoms with Crippen LogP contribution in [0.4, 0.5) is 17.1 Å². The quantitative estimate of drug-likeness (QED) is 0.0550. The molecule has 67 heavy (non-hydrogen) atoms. The van der Waals surface area contributed by atoms with Crippen LogP contribution in [0.1, 0.15) is 46.8 Å². The molecule has 5 aromatic rings.